The van der Waals surface area contributed by atoms with Crippen molar-refractivity contribution in [2.24, 2.45) is 10.6 Å². The fourth-order valence-corrected chi connectivity index (χ4v) is 2.22. The van der Waals surface area contributed by atoms with Gasteiger partial charge in [-0.1, -0.05) is 16.8 Å². The van der Waals surface area contributed by atoms with Gasteiger partial charge in [0.25, 0.3) is 0 Å². The van der Waals surface area contributed by atoms with Crippen LogP contribution < -0.4 is 0 Å². The van der Waals surface area contributed by atoms with Gasteiger partial charge in [0.1, 0.15) is 15.9 Å². The van der Waals surface area contributed by atoms with Crippen LogP contribution in [0, 0.1) is 5.41 Å². The highest BCUT2D eigenvalue weighted by Gasteiger charge is 2.35. The minimum atomic E-state index is -2.71. The summed E-state index contributed by atoms with van der Waals surface area (Å²) in [6, 6.07) is 0. The third-order valence-corrected chi connectivity index (χ3v) is 3.46. The van der Waals surface area contributed by atoms with E-state index in [-0.39, 0.29) is 30.4 Å². The maximum Gasteiger partial charge on any atom is 0.312 e. The summed E-state index contributed by atoms with van der Waals surface area (Å²) in [6.45, 7) is 3.29. The van der Waals surface area contributed by atoms with Gasteiger partial charge in [-0.2, -0.15) is 0 Å². The van der Waals surface area contributed by atoms with E-state index in [1.54, 1.807) is 6.92 Å². The molecule has 8 heteroatoms. The first-order chi connectivity index (χ1) is 7.85. The maximum absolute atomic E-state index is 11.7. The topological polar surface area (TPSA) is 93.0 Å². The van der Waals surface area contributed by atoms with Crippen LogP contribution in [0.15, 0.2) is 5.16 Å². The molecule has 0 aromatic heterocycles. The van der Waals surface area contributed by atoms with Crippen LogP contribution >= 0.6 is 11.6 Å². The van der Waals surface area contributed by atoms with Crippen LogP contribution in [-0.2, 0) is 20.2 Å². The lowest BCUT2D eigenvalue weighted by atomic mass is 9.88. The Kier molecular flexibility index (Phi) is 7.13. The monoisotopic (exact) mass is 285 g/mol. The van der Waals surface area contributed by atoms with Gasteiger partial charge in [-0.3, -0.25) is 4.79 Å². The molecule has 0 radical (unpaired) electrons. The molecule has 0 aromatic rings. The number of halogens is 1. The van der Waals surface area contributed by atoms with Crippen molar-refractivity contribution in [3.8, 4) is 0 Å². The fraction of sp³-hybridized carbons (Fsp3) is 0.778. The number of nitrogens with zero attached hydrogens (tertiary/aromatic N) is 1. The zero-order valence-corrected chi connectivity index (χ0v) is 11.3. The van der Waals surface area contributed by atoms with Crippen molar-refractivity contribution >= 4 is 33.4 Å². The molecule has 1 unspecified atom stereocenters. The molecule has 0 amide bonds. The van der Waals surface area contributed by atoms with Crippen LogP contribution in [0.25, 0.3) is 0 Å². The van der Waals surface area contributed by atoms with Gasteiger partial charge in [-0.05, 0) is 20.3 Å². The number of esters is 1. The summed E-state index contributed by atoms with van der Waals surface area (Å²) in [5.41, 5.74) is -1.17. The molecule has 0 saturated carbocycles. The smallest absolute Gasteiger partial charge is 0.312 e. The minimum Gasteiger partial charge on any atom is -0.466 e. The lowest BCUT2D eigenvalue weighted by molar-refractivity contribution is -0.153. The van der Waals surface area contributed by atoms with Crippen LogP contribution in [0.3, 0.4) is 0 Å². The zero-order valence-electron chi connectivity index (χ0n) is 9.68. The van der Waals surface area contributed by atoms with E-state index in [4.69, 9.17) is 21.5 Å². The van der Waals surface area contributed by atoms with Crippen LogP contribution in [-0.4, -0.2) is 37.1 Å². The molecule has 0 bridgehead atoms. The van der Waals surface area contributed by atoms with Crippen LogP contribution in [0.2, 0.25) is 0 Å². The second-order valence-corrected chi connectivity index (χ2v) is 5.17. The van der Waals surface area contributed by atoms with Gasteiger partial charge in [-0.15, -0.1) is 0 Å². The predicted octanol–water partition coefficient (Wildman–Crippen LogP) is 0.974. The summed E-state index contributed by atoms with van der Waals surface area (Å²) < 4.78 is 26.3. The molecule has 1 atom stereocenters. The Balaban J connectivity index is 4.77. The van der Waals surface area contributed by atoms with Crippen molar-refractivity contribution in [3.05, 3.63) is 0 Å². The lowest BCUT2D eigenvalue weighted by Gasteiger charge is -2.24. The Morgan fingerprint density at radius 3 is 2.53 bits per heavy atom. The highest BCUT2D eigenvalue weighted by Crippen LogP contribution is 2.26. The van der Waals surface area contributed by atoms with Gasteiger partial charge in [0, 0.05) is 6.42 Å². The van der Waals surface area contributed by atoms with Crippen molar-refractivity contribution in [3.63, 3.8) is 0 Å². The van der Waals surface area contributed by atoms with Crippen LogP contribution in [0.1, 0.15) is 26.7 Å². The van der Waals surface area contributed by atoms with Crippen LogP contribution in [0.4, 0.5) is 0 Å². The van der Waals surface area contributed by atoms with E-state index < -0.39 is 22.1 Å². The van der Waals surface area contributed by atoms with Gasteiger partial charge in [0.05, 0.1) is 17.8 Å². The standard InChI is InChI=1S/C9H16ClNO5S/c1-3-16-8(12)9(2,6-17(14)15)5-4-7(10)11-13/h13,17H,3-6H2,1-2H3. The summed E-state index contributed by atoms with van der Waals surface area (Å²) in [5, 5.41) is 11.0. The van der Waals surface area contributed by atoms with E-state index in [9.17, 15) is 13.2 Å². The van der Waals surface area contributed by atoms with Gasteiger partial charge in [0.2, 0.25) is 0 Å². The summed E-state index contributed by atoms with van der Waals surface area (Å²) in [4.78, 5) is 11.7. The van der Waals surface area contributed by atoms with Gasteiger partial charge in [0.15, 0.2) is 0 Å². The Bertz CT molecular complexity index is 360. The molecular weight excluding hydrogens is 270 g/mol. The number of hydrogen-bond acceptors (Lipinski definition) is 6. The first kappa shape index (κ1) is 16.2. The molecule has 0 saturated heterocycles. The van der Waals surface area contributed by atoms with E-state index in [1.165, 1.54) is 6.92 Å². The second kappa shape index (κ2) is 7.50. The van der Waals surface area contributed by atoms with E-state index in [1.807, 2.05) is 0 Å². The zero-order chi connectivity index (χ0) is 13.5. The normalized spacial score (nSPS) is 15.6. The summed E-state index contributed by atoms with van der Waals surface area (Å²) >= 11 is 5.49. The molecular formula is C9H16ClNO5S. The SMILES string of the molecule is CCOC(=O)C(C)(CCC(Cl)=NO)C[SH](=O)=O. The lowest BCUT2D eigenvalue weighted by Crippen LogP contribution is -2.34. The van der Waals surface area contributed by atoms with Crippen molar-refractivity contribution < 1.29 is 23.2 Å². The van der Waals surface area contributed by atoms with E-state index in [0.717, 1.165) is 0 Å². The molecule has 17 heavy (non-hydrogen) atoms. The van der Waals surface area contributed by atoms with Crippen LogP contribution in [0.5, 0.6) is 0 Å². The Morgan fingerprint density at radius 1 is 1.53 bits per heavy atom. The average molecular weight is 286 g/mol. The first-order valence-electron chi connectivity index (χ1n) is 5.01. The van der Waals surface area contributed by atoms with Crippen molar-refractivity contribution in [1.82, 2.24) is 0 Å². The summed E-state index contributed by atoms with van der Waals surface area (Å²) in [6.07, 6.45) is 0.245. The number of carbonyl (C=O) groups is 1. The summed E-state index contributed by atoms with van der Waals surface area (Å²) in [7, 11) is -2.71. The quantitative estimate of drug-likeness (QED) is 0.239. The third-order valence-electron chi connectivity index (χ3n) is 2.24. The molecule has 0 fully saturated rings. The molecule has 0 aliphatic heterocycles. The number of ether oxygens (including phenoxy) is 1. The number of thiol groups is 1. The maximum atomic E-state index is 11.7. The predicted molar refractivity (Wildman–Crippen MR) is 64.2 cm³/mol. The Morgan fingerprint density at radius 2 is 2.12 bits per heavy atom. The molecule has 0 aliphatic rings. The highest BCUT2D eigenvalue weighted by molar-refractivity contribution is 7.72. The van der Waals surface area contributed by atoms with Gasteiger partial charge >= 0.3 is 5.97 Å². The number of rotatable bonds is 7. The molecule has 0 spiro atoms. The molecule has 6 nitrogen and oxygen atoms in total. The number of oxime groups is 1. The van der Waals surface area contributed by atoms with E-state index in [2.05, 4.69) is 5.16 Å². The number of hydrogen-bond donors (Lipinski definition) is 2. The highest BCUT2D eigenvalue weighted by atomic mass is 35.5. The largest absolute Gasteiger partial charge is 0.466 e. The van der Waals surface area contributed by atoms with Crippen molar-refractivity contribution in [2.75, 3.05) is 12.4 Å². The molecule has 0 aromatic carbocycles. The van der Waals surface area contributed by atoms with Crippen molar-refractivity contribution in [2.45, 2.75) is 26.7 Å². The minimum absolute atomic E-state index is 0.0818. The molecule has 100 valence electrons. The molecule has 0 aliphatic carbocycles. The Hall–Kier alpha value is -0.820. The first-order valence-corrected chi connectivity index (χ1v) is 6.75. The second-order valence-electron chi connectivity index (χ2n) is 3.75. The number of carbonyl (C=O) groups excluding carboxylic acids is 1. The fourth-order valence-electron chi connectivity index (χ4n) is 1.26. The van der Waals surface area contributed by atoms with Crippen molar-refractivity contribution in [1.29, 1.82) is 0 Å². The molecule has 1 N–H and O–H groups in total. The molecule has 0 rings (SSSR count). The molecule has 0 heterocycles. The van der Waals surface area contributed by atoms with Gasteiger partial charge < -0.3 is 9.94 Å². The Labute approximate surface area is 107 Å². The summed E-state index contributed by atoms with van der Waals surface area (Å²) in [5.74, 6) is -0.918. The van der Waals surface area contributed by atoms with E-state index in [0.29, 0.717) is 0 Å². The van der Waals surface area contributed by atoms with E-state index >= 15 is 0 Å². The third kappa shape index (κ3) is 5.88. The average Bonchev–Trinajstić information content (AvgIpc) is 2.25. The van der Waals surface area contributed by atoms with Gasteiger partial charge in [-0.25, -0.2) is 8.42 Å².